The lowest BCUT2D eigenvalue weighted by Gasteiger charge is -2.02. The predicted molar refractivity (Wildman–Crippen MR) is 77.0 cm³/mol. The number of hydrogen-bond acceptors (Lipinski definition) is 6. The van der Waals surface area contributed by atoms with Crippen LogP contribution in [-0.2, 0) is 11.2 Å². The van der Waals surface area contributed by atoms with Crippen molar-refractivity contribution in [1.29, 1.82) is 0 Å². The van der Waals surface area contributed by atoms with Crippen molar-refractivity contribution in [3.63, 3.8) is 0 Å². The Morgan fingerprint density at radius 3 is 2.67 bits per heavy atom. The molecule has 104 valence electrons. The number of hydrogen-bond donors (Lipinski definition) is 1. The quantitative estimate of drug-likeness (QED) is 0.574. The second-order valence-electron chi connectivity index (χ2n) is 4.29. The smallest absolute Gasteiger partial charge is 0.269 e. The molecule has 3 aromatic rings. The number of carbonyl (C=O) groups is 2. The maximum Gasteiger partial charge on any atom is 0.269 e. The topological polar surface area (TPSA) is 88.6 Å². The van der Waals surface area contributed by atoms with Gasteiger partial charge in [0.1, 0.15) is 0 Å². The molecule has 21 heavy (non-hydrogen) atoms. The minimum absolute atomic E-state index is 0.0370. The molecule has 0 aliphatic carbocycles. The first-order valence-corrected chi connectivity index (χ1v) is 7.06. The van der Waals surface area contributed by atoms with E-state index < -0.39 is 11.6 Å². The van der Waals surface area contributed by atoms with E-state index >= 15 is 0 Å². The van der Waals surface area contributed by atoms with Gasteiger partial charge in [0.15, 0.2) is 0 Å². The summed E-state index contributed by atoms with van der Waals surface area (Å²) in [5.41, 5.74) is 1.99. The van der Waals surface area contributed by atoms with E-state index in [2.05, 4.69) is 20.6 Å². The monoisotopic (exact) mass is 298 g/mol. The summed E-state index contributed by atoms with van der Waals surface area (Å²) in [5.74, 6) is -1.47. The number of rotatable bonds is 5. The van der Waals surface area contributed by atoms with Crippen LogP contribution >= 0.6 is 11.3 Å². The molecule has 0 fully saturated rings. The number of ketones is 2. The van der Waals surface area contributed by atoms with Gasteiger partial charge in [-0.15, -0.1) is 21.5 Å². The van der Waals surface area contributed by atoms with Gasteiger partial charge in [-0.25, -0.2) is 0 Å². The van der Waals surface area contributed by atoms with Crippen LogP contribution in [0.5, 0.6) is 0 Å². The van der Waals surface area contributed by atoms with E-state index in [9.17, 15) is 9.59 Å². The van der Waals surface area contributed by atoms with Crippen LogP contribution in [0.25, 0.3) is 11.1 Å². The highest BCUT2D eigenvalue weighted by Gasteiger charge is 2.22. The van der Waals surface area contributed by atoms with E-state index in [-0.39, 0.29) is 12.2 Å². The number of benzene rings is 1. The van der Waals surface area contributed by atoms with Gasteiger partial charge >= 0.3 is 0 Å². The standard InChI is InChI=1S/C14H10N4O2S/c19-11(13(20)14-15-17-18-16-14)8-12-10(6-7-21-12)9-4-2-1-3-5-9/h1-7H,8H2,(H,15,16,17,18). The molecular formula is C14H10N4O2S. The summed E-state index contributed by atoms with van der Waals surface area (Å²) >= 11 is 1.45. The Morgan fingerprint density at radius 1 is 1.14 bits per heavy atom. The molecule has 2 heterocycles. The van der Waals surface area contributed by atoms with E-state index in [1.165, 1.54) is 11.3 Å². The molecule has 0 radical (unpaired) electrons. The van der Waals surface area contributed by atoms with Crippen molar-refractivity contribution < 1.29 is 9.59 Å². The predicted octanol–water partition coefficient (Wildman–Crippen LogP) is 1.92. The van der Waals surface area contributed by atoms with Crippen molar-refractivity contribution in [2.24, 2.45) is 0 Å². The number of thiophene rings is 1. The third-order valence-corrected chi connectivity index (χ3v) is 3.87. The summed E-state index contributed by atoms with van der Waals surface area (Å²) in [6, 6.07) is 11.7. The lowest BCUT2D eigenvalue weighted by Crippen LogP contribution is -2.18. The molecule has 0 spiro atoms. The Morgan fingerprint density at radius 2 is 1.95 bits per heavy atom. The van der Waals surface area contributed by atoms with Gasteiger partial charge in [-0.3, -0.25) is 9.59 Å². The number of nitrogens with zero attached hydrogens (tertiary/aromatic N) is 3. The van der Waals surface area contributed by atoms with Crippen LogP contribution in [0.2, 0.25) is 0 Å². The molecule has 0 bridgehead atoms. The summed E-state index contributed by atoms with van der Waals surface area (Å²) in [6.07, 6.45) is 0.0370. The highest BCUT2D eigenvalue weighted by molar-refractivity contribution is 7.10. The van der Waals surface area contributed by atoms with Gasteiger partial charge in [-0.1, -0.05) is 30.3 Å². The van der Waals surface area contributed by atoms with E-state index in [1.807, 2.05) is 41.8 Å². The van der Waals surface area contributed by atoms with Gasteiger partial charge in [0.05, 0.1) is 0 Å². The number of H-pyrrole nitrogens is 1. The van der Waals surface area contributed by atoms with Gasteiger partial charge in [0.25, 0.3) is 5.78 Å². The van der Waals surface area contributed by atoms with E-state index in [0.29, 0.717) is 0 Å². The van der Waals surface area contributed by atoms with Crippen LogP contribution in [-0.4, -0.2) is 32.2 Å². The molecule has 1 aromatic carbocycles. The fourth-order valence-corrected chi connectivity index (χ4v) is 2.86. The van der Waals surface area contributed by atoms with Gasteiger partial charge in [-0.05, 0) is 27.8 Å². The Kier molecular flexibility index (Phi) is 3.65. The first-order chi connectivity index (χ1) is 10.3. The van der Waals surface area contributed by atoms with E-state index in [0.717, 1.165) is 16.0 Å². The Labute approximate surface area is 123 Å². The minimum atomic E-state index is -0.726. The minimum Gasteiger partial charge on any atom is -0.290 e. The SMILES string of the molecule is O=C(Cc1sccc1-c1ccccc1)C(=O)c1nn[nH]n1. The lowest BCUT2D eigenvalue weighted by atomic mass is 10.0. The first kappa shape index (κ1) is 13.3. The first-order valence-electron chi connectivity index (χ1n) is 6.18. The van der Waals surface area contributed by atoms with Crippen LogP contribution in [0.4, 0.5) is 0 Å². The van der Waals surface area contributed by atoms with Gasteiger partial charge in [0, 0.05) is 11.3 Å². The average molecular weight is 298 g/mol. The maximum absolute atomic E-state index is 12.0. The number of carbonyl (C=O) groups excluding carboxylic acids is 2. The number of aromatic nitrogens is 4. The van der Waals surface area contributed by atoms with Crippen molar-refractivity contribution in [2.75, 3.05) is 0 Å². The lowest BCUT2D eigenvalue weighted by molar-refractivity contribution is -0.114. The normalized spacial score (nSPS) is 10.5. The van der Waals surface area contributed by atoms with E-state index in [4.69, 9.17) is 0 Å². The highest BCUT2D eigenvalue weighted by atomic mass is 32.1. The number of tetrazole rings is 1. The number of nitrogens with one attached hydrogen (secondary N) is 1. The summed E-state index contributed by atoms with van der Waals surface area (Å²) in [6.45, 7) is 0. The molecule has 0 saturated heterocycles. The van der Waals surface area contributed by atoms with Crippen LogP contribution in [0.3, 0.4) is 0 Å². The summed E-state index contributed by atoms with van der Waals surface area (Å²) < 4.78 is 0. The summed E-state index contributed by atoms with van der Waals surface area (Å²) in [4.78, 5) is 24.7. The Bertz CT molecular complexity index is 765. The van der Waals surface area contributed by atoms with Gasteiger partial charge in [-0.2, -0.15) is 5.21 Å². The molecule has 0 amide bonds. The molecular weight excluding hydrogens is 288 g/mol. The molecule has 0 atom stereocenters. The van der Waals surface area contributed by atoms with Crippen LogP contribution < -0.4 is 0 Å². The van der Waals surface area contributed by atoms with Crippen molar-refractivity contribution in [2.45, 2.75) is 6.42 Å². The Balaban J connectivity index is 1.82. The third kappa shape index (κ3) is 2.77. The zero-order valence-corrected chi connectivity index (χ0v) is 11.6. The molecule has 3 rings (SSSR count). The second-order valence-corrected chi connectivity index (χ2v) is 5.29. The molecule has 6 nitrogen and oxygen atoms in total. The zero-order valence-electron chi connectivity index (χ0n) is 10.8. The Hall–Kier alpha value is -2.67. The number of Topliss-reactive ketones (excluding diaryl/α,β-unsaturated/α-hetero) is 2. The average Bonchev–Trinajstić information content (AvgIpc) is 3.19. The molecule has 0 unspecified atom stereocenters. The molecule has 7 heteroatoms. The van der Waals surface area contributed by atoms with E-state index in [1.54, 1.807) is 0 Å². The summed E-state index contributed by atoms with van der Waals surface area (Å²) in [5, 5.41) is 14.4. The van der Waals surface area contributed by atoms with Gasteiger partial charge < -0.3 is 0 Å². The summed E-state index contributed by atoms with van der Waals surface area (Å²) in [7, 11) is 0. The van der Waals surface area contributed by atoms with Crippen molar-refractivity contribution in [3.8, 4) is 11.1 Å². The maximum atomic E-state index is 12.0. The highest BCUT2D eigenvalue weighted by Crippen LogP contribution is 2.28. The molecule has 0 aliphatic rings. The molecule has 2 aromatic heterocycles. The second kappa shape index (κ2) is 5.76. The molecule has 0 aliphatic heterocycles. The zero-order chi connectivity index (χ0) is 14.7. The van der Waals surface area contributed by atoms with Crippen LogP contribution in [0.15, 0.2) is 41.8 Å². The fraction of sp³-hybridized carbons (Fsp3) is 0.0714. The van der Waals surface area contributed by atoms with Crippen molar-refractivity contribution in [3.05, 3.63) is 52.5 Å². The van der Waals surface area contributed by atoms with Crippen molar-refractivity contribution >= 4 is 22.9 Å². The largest absolute Gasteiger partial charge is 0.290 e. The van der Waals surface area contributed by atoms with Crippen LogP contribution in [0, 0.1) is 0 Å². The van der Waals surface area contributed by atoms with Crippen molar-refractivity contribution in [1.82, 2.24) is 20.6 Å². The van der Waals surface area contributed by atoms with Crippen LogP contribution in [0.1, 0.15) is 15.5 Å². The molecule has 0 saturated carbocycles. The third-order valence-electron chi connectivity index (χ3n) is 2.95. The fourth-order valence-electron chi connectivity index (χ4n) is 1.96. The number of aromatic amines is 1. The van der Waals surface area contributed by atoms with Gasteiger partial charge in [0.2, 0.25) is 11.6 Å². The molecule has 1 N–H and O–H groups in total.